The Balaban J connectivity index is 1.34. The van der Waals surface area contributed by atoms with Gasteiger partial charge in [-0.3, -0.25) is 19.3 Å². The number of amides is 3. The van der Waals surface area contributed by atoms with Crippen LogP contribution in [0, 0.1) is 23.7 Å². The first kappa shape index (κ1) is 19.6. The molecule has 2 aromatic carbocycles. The molecular weight excluding hydrogens is 396 g/mol. The monoisotopic (exact) mass is 420 g/mol. The van der Waals surface area contributed by atoms with Crippen LogP contribution in [0.15, 0.2) is 42.5 Å². The van der Waals surface area contributed by atoms with Crippen molar-refractivity contribution < 1.29 is 23.9 Å². The van der Waals surface area contributed by atoms with Crippen LogP contribution in [0.3, 0.4) is 0 Å². The lowest BCUT2D eigenvalue weighted by molar-refractivity contribution is -0.123. The number of anilines is 2. The first-order valence-corrected chi connectivity index (χ1v) is 10.5. The minimum atomic E-state index is -0.327. The van der Waals surface area contributed by atoms with Gasteiger partial charge in [0.1, 0.15) is 11.5 Å². The molecule has 2 saturated carbocycles. The molecule has 7 heteroatoms. The summed E-state index contributed by atoms with van der Waals surface area (Å²) in [7, 11) is 3.07. The zero-order valence-corrected chi connectivity index (χ0v) is 17.5. The summed E-state index contributed by atoms with van der Waals surface area (Å²) in [6, 6.07) is 11.7. The van der Waals surface area contributed by atoms with Crippen LogP contribution >= 0.6 is 0 Å². The van der Waals surface area contributed by atoms with Crippen molar-refractivity contribution in [2.24, 2.45) is 23.7 Å². The van der Waals surface area contributed by atoms with Crippen molar-refractivity contribution >= 4 is 29.1 Å². The van der Waals surface area contributed by atoms with Crippen LogP contribution in [0.25, 0.3) is 0 Å². The van der Waals surface area contributed by atoms with Crippen molar-refractivity contribution in [2.45, 2.75) is 19.3 Å². The van der Waals surface area contributed by atoms with E-state index in [9.17, 15) is 14.4 Å². The molecule has 1 heterocycles. The van der Waals surface area contributed by atoms with Crippen molar-refractivity contribution in [3.63, 3.8) is 0 Å². The molecule has 3 aliphatic rings. The molecule has 3 amide bonds. The highest BCUT2D eigenvalue weighted by Crippen LogP contribution is 2.56. The number of nitrogens with one attached hydrogen (secondary N) is 1. The van der Waals surface area contributed by atoms with Gasteiger partial charge >= 0.3 is 0 Å². The predicted octanol–water partition coefficient (Wildman–Crippen LogP) is 3.49. The van der Waals surface area contributed by atoms with E-state index >= 15 is 0 Å². The molecule has 0 aromatic heterocycles. The van der Waals surface area contributed by atoms with Crippen LogP contribution in [-0.4, -0.2) is 31.9 Å². The van der Waals surface area contributed by atoms with Gasteiger partial charge in [0, 0.05) is 11.6 Å². The summed E-state index contributed by atoms with van der Waals surface area (Å²) < 4.78 is 10.5. The average Bonchev–Trinajstić information content (AvgIpc) is 3.47. The fraction of sp³-hybridized carbons (Fsp3) is 0.375. The molecule has 0 radical (unpaired) electrons. The Morgan fingerprint density at radius 1 is 0.935 bits per heavy atom. The zero-order valence-electron chi connectivity index (χ0n) is 17.5. The highest BCUT2D eigenvalue weighted by Gasteiger charge is 2.61. The van der Waals surface area contributed by atoms with Crippen molar-refractivity contribution in [2.75, 3.05) is 24.4 Å². The normalized spacial score (nSPS) is 26.2. The van der Waals surface area contributed by atoms with Gasteiger partial charge in [0.2, 0.25) is 11.8 Å². The van der Waals surface area contributed by atoms with Gasteiger partial charge in [-0.1, -0.05) is 0 Å². The first-order chi connectivity index (χ1) is 15.0. The van der Waals surface area contributed by atoms with Crippen LogP contribution in [0.2, 0.25) is 0 Å². The number of carbonyl (C=O) groups excluding carboxylic acids is 3. The van der Waals surface area contributed by atoms with Crippen LogP contribution in [0.5, 0.6) is 11.5 Å². The maximum Gasteiger partial charge on any atom is 0.255 e. The number of rotatable bonds is 5. The molecular formula is C24H24N2O5. The fourth-order valence-corrected chi connectivity index (χ4v) is 5.53. The van der Waals surface area contributed by atoms with Crippen molar-refractivity contribution in [1.82, 2.24) is 0 Å². The molecule has 0 unspecified atom stereocenters. The highest BCUT2D eigenvalue weighted by molar-refractivity contribution is 6.22. The second kappa shape index (κ2) is 7.41. The van der Waals surface area contributed by atoms with Gasteiger partial charge in [-0.15, -0.1) is 0 Å². The zero-order chi connectivity index (χ0) is 21.7. The highest BCUT2D eigenvalue weighted by atomic mass is 16.5. The van der Waals surface area contributed by atoms with Crippen LogP contribution in [0.1, 0.15) is 29.6 Å². The van der Waals surface area contributed by atoms with E-state index < -0.39 is 0 Å². The van der Waals surface area contributed by atoms with E-state index in [4.69, 9.17) is 9.47 Å². The van der Waals surface area contributed by atoms with Crippen molar-refractivity contribution in [3.05, 3.63) is 48.0 Å². The van der Waals surface area contributed by atoms with Gasteiger partial charge < -0.3 is 14.8 Å². The number of fused-ring (bicyclic) bond motifs is 5. The van der Waals surface area contributed by atoms with Gasteiger partial charge in [0.05, 0.1) is 37.4 Å². The lowest BCUT2D eigenvalue weighted by Crippen LogP contribution is -2.32. The number of ether oxygens (including phenoxy) is 2. The molecule has 0 spiro atoms. The maximum absolute atomic E-state index is 13.0. The van der Waals surface area contributed by atoms with E-state index in [0.29, 0.717) is 40.3 Å². The lowest BCUT2D eigenvalue weighted by Gasteiger charge is -2.19. The second-order valence-corrected chi connectivity index (χ2v) is 8.46. The molecule has 2 aromatic rings. The third-order valence-electron chi connectivity index (χ3n) is 6.97. The molecule has 3 fully saturated rings. The number of hydrogen-bond donors (Lipinski definition) is 1. The van der Waals surface area contributed by atoms with Gasteiger partial charge in [-0.25, -0.2) is 0 Å². The van der Waals surface area contributed by atoms with E-state index in [1.165, 1.54) is 12.0 Å². The van der Waals surface area contributed by atoms with Crippen LogP contribution in [0.4, 0.5) is 11.4 Å². The largest absolute Gasteiger partial charge is 0.497 e. The summed E-state index contributed by atoms with van der Waals surface area (Å²) >= 11 is 0. The minimum Gasteiger partial charge on any atom is -0.497 e. The van der Waals surface area contributed by atoms with Crippen LogP contribution in [-0.2, 0) is 9.59 Å². The van der Waals surface area contributed by atoms with Gasteiger partial charge in [-0.05, 0) is 67.5 Å². The summed E-state index contributed by atoms with van der Waals surface area (Å²) in [5.41, 5.74) is 1.43. The molecule has 1 saturated heterocycles. The summed E-state index contributed by atoms with van der Waals surface area (Å²) in [5, 5.41) is 2.82. The molecule has 2 aliphatic carbocycles. The quantitative estimate of drug-likeness (QED) is 0.749. The Morgan fingerprint density at radius 3 is 2.16 bits per heavy atom. The summed E-state index contributed by atoms with van der Waals surface area (Å²) in [6.07, 6.45) is 3.10. The lowest BCUT2D eigenvalue weighted by atomic mass is 9.81. The third kappa shape index (κ3) is 3.07. The smallest absolute Gasteiger partial charge is 0.255 e. The Morgan fingerprint density at radius 2 is 1.58 bits per heavy atom. The van der Waals surface area contributed by atoms with Crippen LogP contribution < -0.4 is 19.7 Å². The van der Waals surface area contributed by atoms with E-state index in [2.05, 4.69) is 5.32 Å². The Kier molecular flexibility index (Phi) is 4.68. The summed E-state index contributed by atoms with van der Waals surface area (Å²) in [6.45, 7) is 0. The van der Waals surface area contributed by atoms with E-state index in [1.54, 1.807) is 49.6 Å². The van der Waals surface area contributed by atoms with E-state index in [1.807, 2.05) is 0 Å². The number of benzene rings is 2. The topological polar surface area (TPSA) is 84.9 Å². The van der Waals surface area contributed by atoms with Gasteiger partial charge in [0.25, 0.3) is 5.91 Å². The molecule has 5 rings (SSSR count). The Bertz CT molecular complexity index is 1040. The van der Waals surface area contributed by atoms with E-state index in [0.717, 1.165) is 19.3 Å². The Hall–Kier alpha value is -3.35. The second-order valence-electron chi connectivity index (χ2n) is 8.46. The molecule has 31 heavy (non-hydrogen) atoms. The molecule has 4 atom stereocenters. The molecule has 7 nitrogen and oxygen atoms in total. The fourth-order valence-electron chi connectivity index (χ4n) is 5.53. The summed E-state index contributed by atoms with van der Waals surface area (Å²) in [5.74, 6) is 0.994. The van der Waals surface area contributed by atoms with Gasteiger partial charge in [-0.2, -0.15) is 0 Å². The molecule has 160 valence electrons. The molecule has 2 bridgehead atoms. The van der Waals surface area contributed by atoms with E-state index in [-0.39, 0.29) is 29.6 Å². The SMILES string of the molecule is COc1ccc(OC)c(NC(=O)c2ccc(N3C(=O)[C@@H]4[C@@H]5CC[C@@H](C5)[C@@H]4C3=O)cc2)c1. The molecule has 1 aliphatic heterocycles. The predicted molar refractivity (Wildman–Crippen MR) is 114 cm³/mol. The number of imide groups is 1. The molecule has 1 N–H and O–H groups in total. The first-order valence-electron chi connectivity index (χ1n) is 10.5. The number of nitrogens with zero attached hydrogens (tertiary/aromatic N) is 1. The standard InChI is InChI=1S/C24H24N2O5/c1-30-17-9-10-19(31-2)18(12-17)25-22(27)13-5-7-16(8-6-13)26-23(28)20-14-3-4-15(11-14)21(20)24(26)29/h5-10,12,14-15,20-21H,3-4,11H2,1-2H3,(H,25,27)/t14-,15+,20-,21+. The number of hydrogen-bond acceptors (Lipinski definition) is 5. The number of carbonyl (C=O) groups is 3. The van der Waals surface area contributed by atoms with Crippen molar-refractivity contribution in [3.8, 4) is 11.5 Å². The summed E-state index contributed by atoms with van der Waals surface area (Å²) in [4.78, 5) is 40.0. The van der Waals surface area contributed by atoms with Gasteiger partial charge in [0.15, 0.2) is 0 Å². The third-order valence-corrected chi connectivity index (χ3v) is 6.97. The Labute approximate surface area is 180 Å². The average molecular weight is 420 g/mol. The maximum atomic E-state index is 13.0. The number of methoxy groups -OCH3 is 2. The van der Waals surface area contributed by atoms with Crippen molar-refractivity contribution in [1.29, 1.82) is 0 Å². The minimum absolute atomic E-state index is 0.0829.